The number of hydrogen-bond acceptors (Lipinski definition) is 1. The van der Waals surface area contributed by atoms with Gasteiger partial charge in [0.05, 0.1) is 6.61 Å². The van der Waals surface area contributed by atoms with Crippen molar-refractivity contribution >= 4 is 8.07 Å². The minimum absolute atomic E-state index is 0.168. The Morgan fingerprint density at radius 3 is 2.46 bits per heavy atom. The van der Waals surface area contributed by atoms with Crippen LogP contribution in [0.3, 0.4) is 0 Å². The van der Waals surface area contributed by atoms with Gasteiger partial charge >= 0.3 is 0 Å². The molecule has 0 unspecified atom stereocenters. The Hall–Kier alpha value is -0.523. The van der Waals surface area contributed by atoms with E-state index in [0.29, 0.717) is 0 Å². The number of aliphatic hydroxyl groups excluding tert-OH is 1. The molecule has 0 spiro atoms. The molecule has 0 saturated heterocycles. The van der Waals surface area contributed by atoms with Crippen LogP contribution in [0, 0.1) is 11.5 Å². The molecule has 0 fully saturated rings. The molecule has 1 nitrogen and oxygen atoms in total. The molecular weight excluding hydrogens is 176 g/mol. The van der Waals surface area contributed by atoms with Crippen LogP contribution in [0.1, 0.15) is 19.8 Å². The Bertz CT molecular complexity index is 225. The summed E-state index contributed by atoms with van der Waals surface area (Å²) in [4.78, 5) is 0. The van der Waals surface area contributed by atoms with Crippen molar-refractivity contribution in [2.24, 2.45) is 0 Å². The van der Waals surface area contributed by atoms with Gasteiger partial charge in [-0.05, 0) is 13.3 Å². The summed E-state index contributed by atoms with van der Waals surface area (Å²) in [5, 5.41) is 8.72. The summed E-state index contributed by atoms with van der Waals surface area (Å²) in [5.41, 5.74) is 4.35. The molecule has 0 aromatic heterocycles. The van der Waals surface area contributed by atoms with Gasteiger partial charge in [0.15, 0.2) is 0 Å². The molecule has 74 valence electrons. The van der Waals surface area contributed by atoms with Crippen molar-refractivity contribution in [2.75, 3.05) is 6.61 Å². The highest BCUT2D eigenvalue weighted by Gasteiger charge is 2.06. The average molecular weight is 196 g/mol. The van der Waals surface area contributed by atoms with Gasteiger partial charge in [-0.1, -0.05) is 31.3 Å². The molecule has 0 aliphatic heterocycles. The number of rotatable bonds is 3. The summed E-state index contributed by atoms with van der Waals surface area (Å²) in [6.45, 7) is 8.84. The van der Waals surface area contributed by atoms with Crippen molar-refractivity contribution < 1.29 is 5.11 Å². The molecule has 0 aromatic carbocycles. The van der Waals surface area contributed by atoms with Crippen molar-refractivity contribution in [3.8, 4) is 11.5 Å². The fourth-order valence-corrected chi connectivity index (χ4v) is 1.44. The topological polar surface area (TPSA) is 20.2 Å². The van der Waals surface area contributed by atoms with E-state index in [-0.39, 0.29) is 6.61 Å². The largest absolute Gasteiger partial charge is 0.392 e. The summed E-state index contributed by atoms with van der Waals surface area (Å²) in [7, 11) is -1.17. The zero-order chi connectivity index (χ0) is 10.3. The Kier molecular flexibility index (Phi) is 5.77. The number of hydrogen-bond donors (Lipinski definition) is 1. The van der Waals surface area contributed by atoms with Crippen LogP contribution in [0.4, 0.5) is 0 Å². The molecule has 0 aliphatic rings. The lowest BCUT2D eigenvalue weighted by Crippen LogP contribution is -2.16. The maximum atomic E-state index is 8.72. The Labute approximate surface area is 82.9 Å². The summed E-state index contributed by atoms with van der Waals surface area (Å²) in [6, 6.07) is 0. The van der Waals surface area contributed by atoms with E-state index < -0.39 is 8.07 Å². The van der Waals surface area contributed by atoms with E-state index in [0.717, 1.165) is 18.4 Å². The van der Waals surface area contributed by atoms with Gasteiger partial charge in [0.1, 0.15) is 8.07 Å². The quantitative estimate of drug-likeness (QED) is 0.318. The Balaban J connectivity index is 3.73. The second-order valence-corrected chi connectivity index (χ2v) is 9.05. The van der Waals surface area contributed by atoms with Gasteiger partial charge in [0.25, 0.3) is 0 Å². The van der Waals surface area contributed by atoms with Crippen molar-refractivity contribution in [1.82, 2.24) is 0 Å². The van der Waals surface area contributed by atoms with Crippen LogP contribution in [-0.4, -0.2) is 19.8 Å². The number of allylic oxidation sites excluding steroid dienone is 1. The SMILES string of the molecule is C/C(=C\CCC#C[Si](C)(C)C)CO. The van der Waals surface area contributed by atoms with E-state index in [2.05, 4.69) is 37.2 Å². The molecule has 0 bridgehead atoms. The van der Waals surface area contributed by atoms with Crippen LogP contribution in [0.15, 0.2) is 11.6 Å². The van der Waals surface area contributed by atoms with Crippen LogP contribution in [0.2, 0.25) is 19.6 Å². The minimum Gasteiger partial charge on any atom is -0.392 e. The molecule has 1 N–H and O–H groups in total. The van der Waals surface area contributed by atoms with Gasteiger partial charge in [0.2, 0.25) is 0 Å². The third-order valence-corrected chi connectivity index (χ3v) is 2.40. The van der Waals surface area contributed by atoms with Gasteiger partial charge in [0, 0.05) is 6.42 Å². The molecule has 13 heavy (non-hydrogen) atoms. The van der Waals surface area contributed by atoms with E-state index in [1.165, 1.54) is 0 Å². The van der Waals surface area contributed by atoms with E-state index in [1.54, 1.807) is 0 Å². The molecule has 0 rings (SSSR count). The van der Waals surface area contributed by atoms with E-state index in [4.69, 9.17) is 5.11 Å². The summed E-state index contributed by atoms with van der Waals surface area (Å²) in [5.74, 6) is 3.19. The lowest BCUT2D eigenvalue weighted by Gasteiger charge is -2.02. The summed E-state index contributed by atoms with van der Waals surface area (Å²) in [6.07, 6.45) is 3.93. The smallest absolute Gasteiger partial charge is 0.129 e. The van der Waals surface area contributed by atoms with Crippen LogP contribution >= 0.6 is 0 Å². The predicted octanol–water partition coefficient (Wildman–Crippen LogP) is 2.59. The third kappa shape index (κ3) is 9.39. The van der Waals surface area contributed by atoms with E-state index in [9.17, 15) is 0 Å². The first kappa shape index (κ1) is 12.5. The van der Waals surface area contributed by atoms with Gasteiger partial charge in [-0.3, -0.25) is 0 Å². The highest BCUT2D eigenvalue weighted by atomic mass is 28.3. The lowest BCUT2D eigenvalue weighted by molar-refractivity contribution is 0.331. The summed E-state index contributed by atoms with van der Waals surface area (Å²) >= 11 is 0. The molecule has 0 heterocycles. The molecule has 0 radical (unpaired) electrons. The molecular formula is C11H20OSi. The first-order valence-electron chi connectivity index (χ1n) is 4.72. The number of aliphatic hydroxyl groups is 1. The molecule has 0 saturated carbocycles. The zero-order valence-corrected chi connectivity index (χ0v) is 10.1. The Morgan fingerprint density at radius 1 is 1.38 bits per heavy atom. The van der Waals surface area contributed by atoms with Gasteiger partial charge < -0.3 is 5.11 Å². The summed E-state index contributed by atoms with van der Waals surface area (Å²) < 4.78 is 0. The third-order valence-electron chi connectivity index (χ3n) is 1.47. The van der Waals surface area contributed by atoms with Crippen molar-refractivity contribution in [2.45, 2.75) is 39.4 Å². The second-order valence-electron chi connectivity index (χ2n) is 4.30. The Morgan fingerprint density at radius 2 is 2.00 bits per heavy atom. The highest BCUT2D eigenvalue weighted by Crippen LogP contribution is 1.99. The van der Waals surface area contributed by atoms with Gasteiger partial charge in [-0.15, -0.1) is 11.5 Å². The first-order valence-corrected chi connectivity index (χ1v) is 8.22. The highest BCUT2D eigenvalue weighted by molar-refractivity contribution is 6.83. The fourth-order valence-electron chi connectivity index (χ4n) is 0.783. The van der Waals surface area contributed by atoms with Crippen LogP contribution in [0.25, 0.3) is 0 Å². The maximum Gasteiger partial charge on any atom is 0.129 e. The van der Waals surface area contributed by atoms with Crippen LogP contribution < -0.4 is 0 Å². The van der Waals surface area contributed by atoms with E-state index in [1.807, 2.05) is 6.92 Å². The normalized spacial score (nSPS) is 12.2. The van der Waals surface area contributed by atoms with Crippen LogP contribution in [0.5, 0.6) is 0 Å². The maximum absolute atomic E-state index is 8.72. The van der Waals surface area contributed by atoms with Crippen molar-refractivity contribution in [1.29, 1.82) is 0 Å². The van der Waals surface area contributed by atoms with Gasteiger partial charge in [-0.2, -0.15) is 0 Å². The number of unbranched alkanes of at least 4 members (excludes halogenated alkanes) is 1. The monoisotopic (exact) mass is 196 g/mol. The van der Waals surface area contributed by atoms with E-state index >= 15 is 0 Å². The molecule has 2 heteroatoms. The zero-order valence-electron chi connectivity index (χ0n) is 9.15. The molecule has 0 aromatic rings. The lowest BCUT2D eigenvalue weighted by atomic mass is 10.2. The predicted molar refractivity (Wildman–Crippen MR) is 61.2 cm³/mol. The van der Waals surface area contributed by atoms with Crippen molar-refractivity contribution in [3.63, 3.8) is 0 Å². The van der Waals surface area contributed by atoms with Crippen molar-refractivity contribution in [3.05, 3.63) is 11.6 Å². The van der Waals surface area contributed by atoms with Crippen LogP contribution in [-0.2, 0) is 0 Å². The second kappa shape index (κ2) is 6.01. The first-order chi connectivity index (χ1) is 5.95. The fraction of sp³-hybridized carbons (Fsp3) is 0.636. The standard InChI is InChI=1S/C11H20OSi/c1-11(10-12)8-6-5-7-9-13(2,3)4/h8,12H,5-6,10H2,1-4H3/b11-8+. The minimum atomic E-state index is -1.17. The molecule has 0 aliphatic carbocycles. The molecule has 0 amide bonds. The van der Waals surface area contributed by atoms with Gasteiger partial charge in [-0.25, -0.2) is 0 Å². The molecule has 0 atom stereocenters. The average Bonchev–Trinajstić information content (AvgIpc) is 2.01.